The van der Waals surface area contributed by atoms with Crippen LogP contribution in [0.1, 0.15) is 15.9 Å². The molecule has 0 heterocycles. The first-order valence-electron chi connectivity index (χ1n) is 6.08. The quantitative estimate of drug-likeness (QED) is 0.909. The van der Waals surface area contributed by atoms with Gasteiger partial charge in [-0.15, -0.1) is 0 Å². The third-order valence-electron chi connectivity index (χ3n) is 2.89. The van der Waals surface area contributed by atoms with E-state index in [0.717, 1.165) is 5.56 Å². The summed E-state index contributed by atoms with van der Waals surface area (Å²) in [7, 11) is 1.54. The highest BCUT2D eigenvalue weighted by Crippen LogP contribution is 2.27. The number of rotatable bonds is 4. The Morgan fingerprint density at radius 1 is 1.30 bits per heavy atom. The summed E-state index contributed by atoms with van der Waals surface area (Å²) in [5.74, 6) is 0.347. The van der Waals surface area contributed by atoms with E-state index < -0.39 is 0 Å². The zero-order valence-electron chi connectivity index (χ0n) is 11.0. The lowest BCUT2D eigenvalue weighted by Gasteiger charge is -2.10. The van der Waals surface area contributed by atoms with E-state index >= 15 is 0 Å². The summed E-state index contributed by atoms with van der Waals surface area (Å²) >= 11 is 6.02. The van der Waals surface area contributed by atoms with Gasteiger partial charge in [0.05, 0.1) is 12.1 Å². The van der Waals surface area contributed by atoms with E-state index in [2.05, 4.69) is 5.32 Å². The number of nitrogens with two attached hydrogens (primary N) is 1. The van der Waals surface area contributed by atoms with Crippen molar-refractivity contribution >= 4 is 23.2 Å². The van der Waals surface area contributed by atoms with Gasteiger partial charge in [0.15, 0.2) is 0 Å². The summed E-state index contributed by atoms with van der Waals surface area (Å²) in [6.07, 6.45) is 0. The standard InChI is InChI=1S/C15H15ClN2O2/c1-20-14-7-6-11(8-13(14)16)18-15(19)12-5-3-2-4-10(12)9-17/h2-8H,9,17H2,1H3,(H,18,19). The van der Waals surface area contributed by atoms with E-state index in [1.165, 1.54) is 7.11 Å². The predicted octanol–water partition coefficient (Wildman–Crippen LogP) is 3.06. The average Bonchev–Trinajstić information content (AvgIpc) is 2.47. The highest BCUT2D eigenvalue weighted by molar-refractivity contribution is 6.32. The summed E-state index contributed by atoms with van der Waals surface area (Å²) in [4.78, 5) is 12.2. The Bertz CT molecular complexity index is 629. The Kier molecular flexibility index (Phi) is 4.61. The number of nitrogens with one attached hydrogen (secondary N) is 1. The van der Waals surface area contributed by atoms with Gasteiger partial charge < -0.3 is 15.8 Å². The van der Waals surface area contributed by atoms with Gasteiger partial charge >= 0.3 is 0 Å². The van der Waals surface area contributed by atoms with E-state index in [4.69, 9.17) is 22.1 Å². The molecule has 0 saturated heterocycles. The molecule has 20 heavy (non-hydrogen) atoms. The molecule has 4 nitrogen and oxygen atoms in total. The lowest BCUT2D eigenvalue weighted by atomic mass is 10.1. The molecular weight excluding hydrogens is 276 g/mol. The van der Waals surface area contributed by atoms with E-state index in [0.29, 0.717) is 28.6 Å². The molecule has 0 aromatic heterocycles. The van der Waals surface area contributed by atoms with Gasteiger partial charge in [-0.3, -0.25) is 4.79 Å². The van der Waals surface area contributed by atoms with Gasteiger partial charge in [0.2, 0.25) is 0 Å². The van der Waals surface area contributed by atoms with Gasteiger partial charge in [0.1, 0.15) is 5.75 Å². The van der Waals surface area contributed by atoms with E-state index in [1.54, 1.807) is 30.3 Å². The lowest BCUT2D eigenvalue weighted by molar-refractivity contribution is 0.102. The van der Waals surface area contributed by atoms with E-state index in [1.807, 2.05) is 12.1 Å². The molecule has 0 aliphatic rings. The van der Waals surface area contributed by atoms with Crippen LogP contribution < -0.4 is 15.8 Å². The molecule has 0 radical (unpaired) electrons. The van der Waals surface area contributed by atoms with Gasteiger partial charge in [0.25, 0.3) is 5.91 Å². The SMILES string of the molecule is COc1ccc(NC(=O)c2ccccc2CN)cc1Cl. The molecule has 104 valence electrons. The Balaban J connectivity index is 2.21. The van der Waals surface area contributed by atoms with Crippen LogP contribution in [-0.2, 0) is 6.54 Å². The van der Waals surface area contributed by atoms with Crippen molar-refractivity contribution in [2.45, 2.75) is 6.54 Å². The fourth-order valence-electron chi connectivity index (χ4n) is 1.86. The van der Waals surface area contributed by atoms with Crippen LogP contribution in [0.3, 0.4) is 0 Å². The maximum Gasteiger partial charge on any atom is 0.255 e. The van der Waals surface area contributed by atoms with Crippen LogP contribution in [-0.4, -0.2) is 13.0 Å². The van der Waals surface area contributed by atoms with Crippen molar-refractivity contribution in [3.63, 3.8) is 0 Å². The van der Waals surface area contributed by atoms with Gasteiger partial charge in [0, 0.05) is 17.8 Å². The number of carbonyl (C=O) groups is 1. The number of ether oxygens (including phenoxy) is 1. The maximum absolute atomic E-state index is 12.2. The Morgan fingerprint density at radius 3 is 2.70 bits per heavy atom. The summed E-state index contributed by atoms with van der Waals surface area (Å²) < 4.78 is 5.06. The maximum atomic E-state index is 12.2. The second-order valence-electron chi connectivity index (χ2n) is 4.16. The number of anilines is 1. The van der Waals surface area contributed by atoms with Crippen LogP contribution in [0.2, 0.25) is 5.02 Å². The minimum atomic E-state index is -0.215. The fraction of sp³-hybridized carbons (Fsp3) is 0.133. The van der Waals surface area contributed by atoms with Crippen molar-refractivity contribution < 1.29 is 9.53 Å². The molecule has 0 unspecified atom stereocenters. The molecule has 0 aliphatic heterocycles. The number of amides is 1. The van der Waals surface area contributed by atoms with Crippen LogP contribution >= 0.6 is 11.6 Å². The summed E-state index contributed by atoms with van der Waals surface area (Å²) in [6.45, 7) is 0.312. The largest absolute Gasteiger partial charge is 0.495 e. The Morgan fingerprint density at radius 2 is 2.05 bits per heavy atom. The molecule has 2 aromatic carbocycles. The molecule has 0 saturated carbocycles. The van der Waals surface area contributed by atoms with Crippen molar-refractivity contribution in [3.8, 4) is 5.75 Å². The van der Waals surface area contributed by atoms with Crippen LogP contribution in [0.15, 0.2) is 42.5 Å². The number of hydrogen-bond acceptors (Lipinski definition) is 3. The summed E-state index contributed by atoms with van der Waals surface area (Å²) in [5, 5.41) is 3.23. The zero-order valence-corrected chi connectivity index (χ0v) is 11.8. The number of methoxy groups -OCH3 is 1. The monoisotopic (exact) mass is 290 g/mol. The average molecular weight is 291 g/mol. The molecule has 1 amide bonds. The summed E-state index contributed by atoms with van der Waals surface area (Å²) in [5.41, 5.74) is 7.58. The topological polar surface area (TPSA) is 64.3 Å². The first kappa shape index (κ1) is 14.4. The third-order valence-corrected chi connectivity index (χ3v) is 3.19. The molecule has 0 aliphatic carbocycles. The van der Waals surface area contributed by atoms with Gasteiger partial charge in [-0.2, -0.15) is 0 Å². The number of benzene rings is 2. The number of halogens is 1. The van der Waals surface area contributed by atoms with Crippen molar-refractivity contribution in [1.82, 2.24) is 0 Å². The second-order valence-corrected chi connectivity index (χ2v) is 4.57. The predicted molar refractivity (Wildman–Crippen MR) is 80.3 cm³/mol. The van der Waals surface area contributed by atoms with Crippen LogP contribution in [0.5, 0.6) is 5.75 Å². The third kappa shape index (κ3) is 3.10. The zero-order chi connectivity index (χ0) is 14.5. The molecule has 5 heteroatoms. The number of hydrogen-bond donors (Lipinski definition) is 2. The van der Waals surface area contributed by atoms with Crippen LogP contribution in [0, 0.1) is 0 Å². The second kappa shape index (κ2) is 6.41. The van der Waals surface area contributed by atoms with Crippen molar-refractivity contribution in [1.29, 1.82) is 0 Å². The molecule has 3 N–H and O–H groups in total. The Hall–Kier alpha value is -2.04. The van der Waals surface area contributed by atoms with Crippen LogP contribution in [0.25, 0.3) is 0 Å². The molecular formula is C15H15ClN2O2. The summed E-state index contributed by atoms with van der Waals surface area (Å²) in [6, 6.07) is 12.3. The molecule has 0 spiro atoms. The minimum Gasteiger partial charge on any atom is -0.495 e. The van der Waals surface area contributed by atoms with E-state index in [-0.39, 0.29) is 5.91 Å². The van der Waals surface area contributed by atoms with Gasteiger partial charge in [-0.1, -0.05) is 29.8 Å². The van der Waals surface area contributed by atoms with E-state index in [9.17, 15) is 4.79 Å². The van der Waals surface area contributed by atoms with Crippen LogP contribution in [0.4, 0.5) is 5.69 Å². The normalized spacial score (nSPS) is 10.2. The van der Waals surface area contributed by atoms with Crippen molar-refractivity contribution in [3.05, 3.63) is 58.6 Å². The Labute approximate surface area is 122 Å². The molecule has 0 atom stereocenters. The first-order chi connectivity index (χ1) is 9.65. The fourth-order valence-corrected chi connectivity index (χ4v) is 2.12. The molecule has 2 rings (SSSR count). The highest BCUT2D eigenvalue weighted by atomic mass is 35.5. The van der Waals surface area contributed by atoms with Gasteiger partial charge in [-0.05, 0) is 29.8 Å². The molecule has 0 fully saturated rings. The smallest absolute Gasteiger partial charge is 0.255 e. The highest BCUT2D eigenvalue weighted by Gasteiger charge is 2.11. The minimum absolute atomic E-state index is 0.215. The first-order valence-corrected chi connectivity index (χ1v) is 6.46. The lowest BCUT2D eigenvalue weighted by Crippen LogP contribution is -2.15. The molecule has 2 aromatic rings. The molecule has 0 bridgehead atoms. The van der Waals surface area contributed by atoms with Gasteiger partial charge in [-0.25, -0.2) is 0 Å². The number of carbonyl (C=O) groups excluding carboxylic acids is 1. The van der Waals surface area contributed by atoms with Crippen molar-refractivity contribution in [2.75, 3.05) is 12.4 Å². The van der Waals surface area contributed by atoms with Crippen molar-refractivity contribution in [2.24, 2.45) is 5.73 Å².